The van der Waals surface area contributed by atoms with Crippen LogP contribution in [0.15, 0.2) is 18.2 Å². The van der Waals surface area contributed by atoms with Crippen LogP contribution < -0.4 is 10.6 Å². The van der Waals surface area contributed by atoms with Crippen LogP contribution >= 0.6 is 11.6 Å². The van der Waals surface area contributed by atoms with Gasteiger partial charge in [0.05, 0.1) is 10.7 Å². The van der Waals surface area contributed by atoms with Gasteiger partial charge < -0.3 is 15.7 Å². The molecular formula is C9H8ClFN2O3. The van der Waals surface area contributed by atoms with Gasteiger partial charge >= 0.3 is 12.0 Å². The third-order valence-corrected chi connectivity index (χ3v) is 1.91. The molecule has 0 heterocycles. The van der Waals surface area contributed by atoms with Gasteiger partial charge in [0, 0.05) is 0 Å². The lowest BCUT2D eigenvalue weighted by Crippen LogP contribution is -2.33. The van der Waals surface area contributed by atoms with Crippen molar-refractivity contribution in [2.24, 2.45) is 0 Å². The minimum atomic E-state index is -1.18. The number of carbonyl (C=O) groups excluding carboxylic acids is 1. The van der Waals surface area contributed by atoms with Crippen LogP contribution in [0.25, 0.3) is 0 Å². The SMILES string of the molecule is O=C(O)CNC(=O)Nc1cc(F)ccc1Cl. The number of carboxylic acids is 1. The second-order valence-electron chi connectivity index (χ2n) is 2.83. The summed E-state index contributed by atoms with van der Waals surface area (Å²) >= 11 is 5.68. The number of hydrogen-bond donors (Lipinski definition) is 3. The lowest BCUT2D eigenvalue weighted by molar-refractivity contribution is -0.135. The summed E-state index contributed by atoms with van der Waals surface area (Å²) in [5.74, 6) is -1.74. The maximum atomic E-state index is 12.8. The molecule has 0 bridgehead atoms. The molecule has 0 radical (unpaired) electrons. The number of amides is 2. The summed E-state index contributed by atoms with van der Waals surface area (Å²) < 4.78 is 12.8. The molecule has 3 N–H and O–H groups in total. The van der Waals surface area contributed by atoms with E-state index < -0.39 is 24.4 Å². The Hall–Kier alpha value is -1.82. The first-order valence-electron chi connectivity index (χ1n) is 4.20. The molecule has 5 nitrogen and oxygen atoms in total. The minimum absolute atomic E-state index is 0.0737. The van der Waals surface area contributed by atoms with E-state index in [1.165, 1.54) is 6.07 Å². The van der Waals surface area contributed by atoms with Crippen molar-refractivity contribution in [3.05, 3.63) is 29.0 Å². The highest BCUT2D eigenvalue weighted by Gasteiger charge is 2.07. The molecule has 2 amide bonds. The summed E-state index contributed by atoms with van der Waals surface area (Å²) in [4.78, 5) is 21.3. The lowest BCUT2D eigenvalue weighted by atomic mass is 10.3. The molecule has 7 heteroatoms. The van der Waals surface area contributed by atoms with Crippen molar-refractivity contribution in [1.82, 2.24) is 5.32 Å². The van der Waals surface area contributed by atoms with E-state index in [1.807, 2.05) is 5.32 Å². The third-order valence-electron chi connectivity index (χ3n) is 1.58. The minimum Gasteiger partial charge on any atom is -0.480 e. The summed E-state index contributed by atoms with van der Waals surface area (Å²) in [6, 6.07) is 2.68. The monoisotopic (exact) mass is 246 g/mol. The zero-order valence-electron chi connectivity index (χ0n) is 7.96. The molecule has 0 spiro atoms. The first-order valence-corrected chi connectivity index (χ1v) is 4.58. The van der Waals surface area contributed by atoms with Gasteiger partial charge in [-0.15, -0.1) is 0 Å². The van der Waals surface area contributed by atoms with Crippen molar-refractivity contribution < 1.29 is 19.1 Å². The topological polar surface area (TPSA) is 78.4 Å². The summed E-state index contributed by atoms with van der Waals surface area (Å²) in [6.07, 6.45) is 0. The number of carbonyl (C=O) groups is 2. The van der Waals surface area contributed by atoms with E-state index >= 15 is 0 Å². The fraction of sp³-hybridized carbons (Fsp3) is 0.111. The standard InChI is InChI=1S/C9H8ClFN2O3/c10-6-2-1-5(11)3-7(6)13-9(16)12-4-8(14)15/h1-3H,4H2,(H,14,15)(H2,12,13,16). The highest BCUT2D eigenvalue weighted by Crippen LogP contribution is 2.21. The van der Waals surface area contributed by atoms with E-state index in [9.17, 15) is 14.0 Å². The predicted molar refractivity (Wildman–Crippen MR) is 56.1 cm³/mol. The van der Waals surface area contributed by atoms with Crippen molar-refractivity contribution in [1.29, 1.82) is 0 Å². The Labute approximate surface area is 95.2 Å². The molecule has 1 aromatic rings. The Morgan fingerprint density at radius 3 is 2.75 bits per heavy atom. The number of hydrogen-bond acceptors (Lipinski definition) is 2. The maximum Gasteiger partial charge on any atom is 0.323 e. The number of aliphatic carboxylic acids is 1. The average molecular weight is 247 g/mol. The largest absolute Gasteiger partial charge is 0.480 e. The van der Waals surface area contributed by atoms with Gasteiger partial charge in [-0.05, 0) is 18.2 Å². The second kappa shape index (κ2) is 5.32. The van der Waals surface area contributed by atoms with E-state index in [0.29, 0.717) is 0 Å². The van der Waals surface area contributed by atoms with Crippen LogP contribution in [0.1, 0.15) is 0 Å². The summed E-state index contributed by atoms with van der Waals surface area (Å²) in [5, 5.41) is 12.7. The Bertz CT molecular complexity index is 425. The van der Waals surface area contributed by atoms with Crippen molar-refractivity contribution in [3.8, 4) is 0 Å². The lowest BCUT2D eigenvalue weighted by Gasteiger charge is -2.07. The molecule has 0 fully saturated rings. The Kier molecular flexibility index (Phi) is 4.07. The summed E-state index contributed by atoms with van der Waals surface area (Å²) in [6.45, 7) is -0.529. The molecule has 0 atom stereocenters. The molecule has 1 aromatic carbocycles. The molecule has 0 saturated carbocycles. The average Bonchev–Trinajstić information content (AvgIpc) is 2.20. The fourth-order valence-electron chi connectivity index (χ4n) is 0.916. The highest BCUT2D eigenvalue weighted by atomic mass is 35.5. The molecule has 0 saturated heterocycles. The van der Waals surface area contributed by atoms with Gasteiger partial charge in [-0.25, -0.2) is 9.18 Å². The highest BCUT2D eigenvalue weighted by molar-refractivity contribution is 6.33. The van der Waals surface area contributed by atoms with Gasteiger partial charge in [0.1, 0.15) is 12.4 Å². The molecule has 0 aromatic heterocycles. The quantitative estimate of drug-likeness (QED) is 0.759. The normalized spacial score (nSPS) is 9.62. The number of rotatable bonds is 3. The van der Waals surface area contributed by atoms with Gasteiger partial charge in [0.15, 0.2) is 0 Å². The van der Waals surface area contributed by atoms with E-state index in [1.54, 1.807) is 0 Å². The van der Waals surface area contributed by atoms with Crippen LogP contribution in [0.5, 0.6) is 0 Å². The van der Waals surface area contributed by atoms with Gasteiger partial charge in [0.2, 0.25) is 0 Å². The number of halogens is 2. The Balaban J connectivity index is 2.62. The molecule has 0 aliphatic heterocycles. The van der Waals surface area contributed by atoms with Gasteiger partial charge in [-0.1, -0.05) is 11.6 Å². The molecule has 16 heavy (non-hydrogen) atoms. The van der Waals surface area contributed by atoms with E-state index in [0.717, 1.165) is 12.1 Å². The summed E-state index contributed by atoms with van der Waals surface area (Å²) in [5.41, 5.74) is 0.0737. The van der Waals surface area contributed by atoms with Crippen LogP contribution in [-0.4, -0.2) is 23.7 Å². The predicted octanol–water partition coefficient (Wildman–Crippen LogP) is 1.69. The molecule has 0 aliphatic rings. The number of nitrogens with one attached hydrogen (secondary N) is 2. The zero-order chi connectivity index (χ0) is 12.1. The van der Waals surface area contributed by atoms with E-state index in [4.69, 9.17) is 16.7 Å². The van der Waals surface area contributed by atoms with Crippen LogP contribution in [-0.2, 0) is 4.79 Å². The Morgan fingerprint density at radius 1 is 1.44 bits per heavy atom. The molecule has 1 rings (SSSR count). The van der Waals surface area contributed by atoms with Crippen LogP contribution in [0.3, 0.4) is 0 Å². The van der Waals surface area contributed by atoms with E-state index in [2.05, 4.69) is 5.32 Å². The first kappa shape index (κ1) is 12.3. The number of benzene rings is 1. The van der Waals surface area contributed by atoms with Crippen LogP contribution in [0.2, 0.25) is 5.02 Å². The second-order valence-corrected chi connectivity index (χ2v) is 3.23. The molecule has 86 valence electrons. The number of urea groups is 1. The van der Waals surface area contributed by atoms with Gasteiger partial charge in [-0.3, -0.25) is 4.79 Å². The third kappa shape index (κ3) is 3.74. The van der Waals surface area contributed by atoms with Crippen molar-refractivity contribution in [2.75, 3.05) is 11.9 Å². The maximum absolute atomic E-state index is 12.8. The van der Waals surface area contributed by atoms with Crippen molar-refractivity contribution in [2.45, 2.75) is 0 Å². The fourth-order valence-corrected chi connectivity index (χ4v) is 1.08. The first-order chi connectivity index (χ1) is 7.49. The number of anilines is 1. The zero-order valence-corrected chi connectivity index (χ0v) is 8.71. The summed E-state index contributed by atoms with van der Waals surface area (Å²) in [7, 11) is 0. The number of carboxylic acid groups (broad SMARTS) is 1. The van der Waals surface area contributed by atoms with Crippen LogP contribution in [0, 0.1) is 5.82 Å². The molecule has 0 unspecified atom stereocenters. The van der Waals surface area contributed by atoms with E-state index in [-0.39, 0.29) is 10.7 Å². The molecular weight excluding hydrogens is 239 g/mol. The van der Waals surface area contributed by atoms with Gasteiger partial charge in [-0.2, -0.15) is 0 Å². The van der Waals surface area contributed by atoms with Gasteiger partial charge in [0.25, 0.3) is 0 Å². The van der Waals surface area contributed by atoms with Crippen molar-refractivity contribution >= 4 is 29.3 Å². The smallest absolute Gasteiger partial charge is 0.323 e. The van der Waals surface area contributed by atoms with Crippen LogP contribution in [0.4, 0.5) is 14.9 Å². The molecule has 0 aliphatic carbocycles. The Morgan fingerprint density at radius 2 is 2.12 bits per heavy atom. The van der Waals surface area contributed by atoms with Crippen molar-refractivity contribution in [3.63, 3.8) is 0 Å².